The number of thiophene rings is 1. The van der Waals surface area contributed by atoms with Gasteiger partial charge in [0.15, 0.2) is 0 Å². The Morgan fingerprint density at radius 3 is 2.73 bits per heavy atom. The van der Waals surface area contributed by atoms with E-state index in [9.17, 15) is 4.79 Å². The number of hydrogen-bond acceptors (Lipinski definition) is 3. The van der Waals surface area contributed by atoms with Gasteiger partial charge in [-0.1, -0.05) is 29.8 Å². The van der Waals surface area contributed by atoms with Crippen molar-refractivity contribution < 1.29 is 4.79 Å². The Balaban J connectivity index is 0.00000196. The molecule has 1 N–H and O–H groups in total. The second-order valence-corrected chi connectivity index (χ2v) is 8.44. The number of rotatable bonds is 5. The number of benzene rings is 1. The van der Waals surface area contributed by atoms with Gasteiger partial charge in [-0.25, -0.2) is 0 Å². The molecule has 1 spiro atoms. The molecule has 1 aromatic carbocycles. The van der Waals surface area contributed by atoms with Gasteiger partial charge in [0.05, 0.1) is 6.42 Å². The first-order chi connectivity index (χ1) is 12.2. The minimum absolute atomic E-state index is 0. The zero-order valence-electron chi connectivity index (χ0n) is 14.6. The van der Waals surface area contributed by atoms with E-state index in [1.807, 2.05) is 24.3 Å². The monoisotopic (exact) mass is 410 g/mol. The average Bonchev–Trinajstić information content (AvgIpc) is 3.06. The molecule has 4 rings (SSSR count). The first-order valence-electron chi connectivity index (χ1n) is 8.93. The molecule has 1 saturated carbocycles. The molecular formula is C20H24Cl2N2OS. The number of hydrogen-bond donors (Lipinski definition) is 1. The zero-order chi connectivity index (χ0) is 17.3. The van der Waals surface area contributed by atoms with Crippen molar-refractivity contribution in [2.75, 3.05) is 13.1 Å². The van der Waals surface area contributed by atoms with E-state index in [2.05, 4.69) is 27.0 Å². The summed E-state index contributed by atoms with van der Waals surface area (Å²) in [6, 6.07) is 10.2. The van der Waals surface area contributed by atoms with E-state index < -0.39 is 0 Å². The third-order valence-electron chi connectivity index (χ3n) is 5.68. The van der Waals surface area contributed by atoms with Gasteiger partial charge < -0.3 is 10.2 Å². The van der Waals surface area contributed by atoms with Crippen LogP contribution in [0.5, 0.6) is 0 Å². The van der Waals surface area contributed by atoms with Crippen molar-refractivity contribution in [3.8, 4) is 0 Å². The molecule has 26 heavy (non-hydrogen) atoms. The fourth-order valence-corrected chi connectivity index (χ4v) is 4.95. The molecule has 2 aromatic rings. The molecule has 140 valence electrons. The van der Waals surface area contributed by atoms with Crippen LogP contribution in [0.4, 0.5) is 0 Å². The van der Waals surface area contributed by atoms with Crippen molar-refractivity contribution in [2.24, 2.45) is 5.41 Å². The molecule has 1 aliphatic carbocycles. The van der Waals surface area contributed by atoms with E-state index in [4.69, 9.17) is 11.6 Å². The van der Waals surface area contributed by atoms with E-state index in [0.717, 1.165) is 25.1 Å². The highest BCUT2D eigenvalue weighted by molar-refractivity contribution is 7.07. The van der Waals surface area contributed by atoms with Crippen LogP contribution < -0.4 is 5.32 Å². The van der Waals surface area contributed by atoms with Crippen LogP contribution in [-0.2, 0) is 17.8 Å². The normalized spacial score (nSPS) is 20.4. The maximum absolute atomic E-state index is 13.2. The van der Waals surface area contributed by atoms with E-state index in [0.29, 0.717) is 29.4 Å². The third kappa shape index (κ3) is 4.09. The summed E-state index contributed by atoms with van der Waals surface area (Å²) in [4.78, 5) is 15.3. The molecule has 1 amide bonds. The second kappa shape index (κ2) is 8.30. The highest BCUT2D eigenvalue weighted by Gasteiger charge is 2.57. The first kappa shape index (κ1) is 19.7. The molecule has 1 aliphatic heterocycles. The van der Waals surface area contributed by atoms with Gasteiger partial charge in [0.2, 0.25) is 5.91 Å². The molecule has 1 unspecified atom stereocenters. The van der Waals surface area contributed by atoms with Gasteiger partial charge in [-0.2, -0.15) is 11.3 Å². The number of amides is 1. The van der Waals surface area contributed by atoms with Gasteiger partial charge >= 0.3 is 0 Å². The first-order valence-corrected chi connectivity index (χ1v) is 10.2. The lowest BCUT2D eigenvalue weighted by Gasteiger charge is -2.29. The maximum atomic E-state index is 13.2. The van der Waals surface area contributed by atoms with E-state index in [1.165, 1.54) is 18.4 Å². The Labute approximate surface area is 170 Å². The predicted octanol–water partition coefficient (Wildman–Crippen LogP) is 4.54. The van der Waals surface area contributed by atoms with E-state index in [1.54, 1.807) is 11.3 Å². The molecule has 0 radical (unpaired) electrons. The topological polar surface area (TPSA) is 32.3 Å². The third-order valence-corrected chi connectivity index (χ3v) is 6.78. The van der Waals surface area contributed by atoms with Crippen LogP contribution >= 0.6 is 35.3 Å². The predicted molar refractivity (Wildman–Crippen MR) is 110 cm³/mol. The smallest absolute Gasteiger partial charge is 0.227 e. The van der Waals surface area contributed by atoms with Crippen LogP contribution in [0.15, 0.2) is 41.1 Å². The lowest BCUT2D eigenvalue weighted by molar-refractivity contribution is -0.132. The molecule has 6 heteroatoms. The minimum Gasteiger partial charge on any atom is -0.334 e. The number of nitrogens with one attached hydrogen (secondary N) is 1. The molecule has 2 heterocycles. The summed E-state index contributed by atoms with van der Waals surface area (Å²) in [6.45, 7) is 2.86. The average molecular weight is 411 g/mol. The summed E-state index contributed by atoms with van der Waals surface area (Å²) in [5, 5.41) is 8.35. The zero-order valence-corrected chi connectivity index (χ0v) is 17.0. The van der Waals surface area contributed by atoms with Crippen LogP contribution in [0.3, 0.4) is 0 Å². The minimum atomic E-state index is 0. The molecule has 0 bridgehead atoms. The molecule has 2 fully saturated rings. The Morgan fingerprint density at radius 2 is 2.04 bits per heavy atom. The summed E-state index contributed by atoms with van der Waals surface area (Å²) < 4.78 is 0. The summed E-state index contributed by atoms with van der Waals surface area (Å²) in [6.07, 6.45) is 3.88. The SMILES string of the molecule is Cl.O=C(Cc1ccccc1Cl)N(Cc1ccsc1)C1CC12CCNCC2. The summed E-state index contributed by atoms with van der Waals surface area (Å²) in [5.74, 6) is 0.194. The van der Waals surface area contributed by atoms with Crippen molar-refractivity contribution in [2.45, 2.75) is 38.3 Å². The van der Waals surface area contributed by atoms with Gasteiger partial charge in [-0.15, -0.1) is 12.4 Å². The Kier molecular flexibility index (Phi) is 6.29. The van der Waals surface area contributed by atoms with Crippen LogP contribution in [-0.4, -0.2) is 29.9 Å². The van der Waals surface area contributed by atoms with Crippen molar-refractivity contribution >= 4 is 41.3 Å². The Bertz CT molecular complexity index is 744. The fourth-order valence-electron chi connectivity index (χ4n) is 4.09. The fraction of sp³-hybridized carbons (Fsp3) is 0.450. The number of piperidine rings is 1. The lowest BCUT2D eigenvalue weighted by atomic mass is 9.93. The molecule has 3 nitrogen and oxygen atoms in total. The Hall–Kier alpha value is -1.07. The molecule has 2 aliphatic rings. The van der Waals surface area contributed by atoms with Gasteiger partial charge in [0.1, 0.15) is 0 Å². The van der Waals surface area contributed by atoms with Crippen molar-refractivity contribution in [3.05, 3.63) is 57.2 Å². The number of carbonyl (C=O) groups is 1. The van der Waals surface area contributed by atoms with Crippen molar-refractivity contribution in [1.29, 1.82) is 0 Å². The Morgan fingerprint density at radius 1 is 1.27 bits per heavy atom. The number of halogens is 2. The number of carbonyl (C=O) groups excluding carboxylic acids is 1. The van der Waals surface area contributed by atoms with Gasteiger partial charge in [0, 0.05) is 17.6 Å². The van der Waals surface area contributed by atoms with Crippen molar-refractivity contribution in [3.63, 3.8) is 0 Å². The van der Waals surface area contributed by atoms with Crippen LogP contribution in [0.2, 0.25) is 5.02 Å². The highest BCUT2D eigenvalue weighted by Crippen LogP contribution is 2.56. The van der Waals surface area contributed by atoms with Gasteiger partial charge in [0.25, 0.3) is 0 Å². The lowest BCUT2D eigenvalue weighted by Crippen LogP contribution is -2.39. The molecule has 1 atom stereocenters. The van der Waals surface area contributed by atoms with Crippen LogP contribution in [0.25, 0.3) is 0 Å². The highest BCUT2D eigenvalue weighted by atomic mass is 35.5. The molecular weight excluding hydrogens is 387 g/mol. The van der Waals surface area contributed by atoms with Crippen LogP contribution in [0.1, 0.15) is 30.4 Å². The second-order valence-electron chi connectivity index (χ2n) is 7.25. The molecule has 1 aromatic heterocycles. The molecule has 1 saturated heterocycles. The largest absolute Gasteiger partial charge is 0.334 e. The summed E-state index contributed by atoms with van der Waals surface area (Å²) >= 11 is 7.97. The number of nitrogens with zero attached hydrogens (tertiary/aromatic N) is 1. The standard InChI is InChI=1S/C20H23ClN2OS.ClH/c21-17-4-2-1-3-16(17)11-19(24)23(13-15-5-10-25-14-15)18-12-20(18)6-8-22-9-7-20;/h1-5,10,14,18,22H,6-9,11-13H2;1H. The quantitative estimate of drug-likeness (QED) is 0.784. The van der Waals surface area contributed by atoms with E-state index in [-0.39, 0.29) is 18.3 Å². The van der Waals surface area contributed by atoms with E-state index >= 15 is 0 Å². The van der Waals surface area contributed by atoms with Gasteiger partial charge in [-0.3, -0.25) is 4.79 Å². The maximum Gasteiger partial charge on any atom is 0.227 e. The summed E-state index contributed by atoms with van der Waals surface area (Å²) in [7, 11) is 0. The summed E-state index contributed by atoms with van der Waals surface area (Å²) in [5.41, 5.74) is 2.50. The van der Waals surface area contributed by atoms with Crippen LogP contribution in [0, 0.1) is 5.41 Å². The van der Waals surface area contributed by atoms with Crippen molar-refractivity contribution in [1.82, 2.24) is 10.2 Å². The van der Waals surface area contributed by atoms with Gasteiger partial charge in [-0.05, 0) is 71.8 Å².